The second-order valence-electron chi connectivity index (χ2n) is 1.95. The van der Waals surface area contributed by atoms with Gasteiger partial charge in [-0.05, 0) is 12.1 Å². The van der Waals surface area contributed by atoms with Gasteiger partial charge in [-0.15, -0.1) is 0 Å². The molecular formula is C7H7N2Na. The van der Waals surface area contributed by atoms with E-state index >= 15 is 0 Å². The maximum absolute atomic E-state index is 4.13. The topological polar surface area (TPSA) is 24.7 Å². The summed E-state index contributed by atoms with van der Waals surface area (Å²) in [5, 5.41) is 2.05. The van der Waals surface area contributed by atoms with E-state index in [0.717, 1.165) is 10.7 Å². The second-order valence-corrected chi connectivity index (χ2v) is 1.95. The van der Waals surface area contributed by atoms with E-state index in [1.807, 2.05) is 24.3 Å². The van der Waals surface area contributed by atoms with Crippen LogP contribution in [0.2, 0.25) is 0 Å². The molecule has 0 amide bonds. The van der Waals surface area contributed by atoms with E-state index in [-0.39, 0.29) is 29.6 Å². The number of para-hydroxylation sites is 2. The smallest absolute Gasteiger partial charge is 0.130 e. The Bertz CT molecular complexity index is 299. The van der Waals surface area contributed by atoms with Gasteiger partial charge in [0.25, 0.3) is 0 Å². The summed E-state index contributed by atoms with van der Waals surface area (Å²) in [5.41, 5.74) is 0. The molecule has 1 aromatic carbocycles. The normalized spacial score (nSPS) is 12.4. The van der Waals surface area contributed by atoms with E-state index < -0.39 is 0 Å². The van der Waals surface area contributed by atoms with Gasteiger partial charge in [-0.3, -0.25) is 9.98 Å². The number of nitrogens with zero attached hydrogens (tertiary/aromatic N) is 2. The van der Waals surface area contributed by atoms with Gasteiger partial charge in [0, 0.05) is 0 Å². The van der Waals surface area contributed by atoms with Crippen LogP contribution in [-0.2, 0) is 0 Å². The van der Waals surface area contributed by atoms with Crippen molar-refractivity contribution in [1.82, 2.24) is 0 Å². The van der Waals surface area contributed by atoms with E-state index in [1.54, 1.807) is 0 Å². The van der Waals surface area contributed by atoms with Crippen LogP contribution in [-0.4, -0.2) is 36.2 Å². The number of hydrogen-bond donors (Lipinski definition) is 0. The predicted molar refractivity (Wildman–Crippen MR) is 40.8 cm³/mol. The molecule has 46 valence electrons. The Kier molecular flexibility index (Phi) is 2.60. The van der Waals surface area contributed by atoms with Crippen LogP contribution in [0.4, 0.5) is 0 Å². The molecule has 1 aliphatic rings. The standard InChI is InChI=1S/C7H6N2.Na.H/c1-2-4-7-6(3-1)8-5-9-7;;/h1-4H,5H2;;. The van der Waals surface area contributed by atoms with Gasteiger partial charge >= 0.3 is 29.6 Å². The summed E-state index contributed by atoms with van der Waals surface area (Å²) >= 11 is 0. The first-order valence-corrected chi connectivity index (χ1v) is 2.91. The first-order chi connectivity index (χ1) is 4.47. The Morgan fingerprint density at radius 2 is 1.50 bits per heavy atom. The van der Waals surface area contributed by atoms with E-state index in [4.69, 9.17) is 0 Å². The molecule has 0 N–H and O–H groups in total. The van der Waals surface area contributed by atoms with Crippen molar-refractivity contribution in [3.63, 3.8) is 0 Å². The summed E-state index contributed by atoms with van der Waals surface area (Å²) < 4.78 is 0. The van der Waals surface area contributed by atoms with E-state index in [9.17, 15) is 0 Å². The van der Waals surface area contributed by atoms with Crippen molar-refractivity contribution in [3.05, 3.63) is 35.0 Å². The molecule has 0 radical (unpaired) electrons. The Labute approximate surface area is 81.0 Å². The molecule has 1 heterocycles. The minimum atomic E-state index is 0. The number of benzene rings is 1. The molecule has 0 fully saturated rings. The zero-order valence-corrected chi connectivity index (χ0v) is 4.91. The molecule has 0 atom stereocenters. The van der Waals surface area contributed by atoms with Gasteiger partial charge in [-0.1, -0.05) is 12.1 Å². The zero-order valence-electron chi connectivity index (χ0n) is 4.91. The van der Waals surface area contributed by atoms with E-state index in [0.29, 0.717) is 6.67 Å². The van der Waals surface area contributed by atoms with Crippen molar-refractivity contribution in [2.24, 2.45) is 9.98 Å². The summed E-state index contributed by atoms with van der Waals surface area (Å²) in [4.78, 5) is 8.27. The van der Waals surface area contributed by atoms with Crippen molar-refractivity contribution >= 4 is 29.6 Å². The molecular weight excluding hydrogens is 135 g/mol. The molecule has 1 aromatic rings. The van der Waals surface area contributed by atoms with Crippen molar-refractivity contribution in [2.45, 2.75) is 0 Å². The van der Waals surface area contributed by atoms with Gasteiger partial charge in [0.15, 0.2) is 0 Å². The first kappa shape index (κ1) is 7.92. The fourth-order valence-electron chi connectivity index (χ4n) is 0.919. The SMILES string of the molecule is [NaH].c1ccc2c(c1)=NCN=2. The molecule has 0 spiro atoms. The van der Waals surface area contributed by atoms with Crippen molar-refractivity contribution in [2.75, 3.05) is 6.67 Å². The molecule has 10 heavy (non-hydrogen) atoms. The Morgan fingerprint density at radius 1 is 1.00 bits per heavy atom. The van der Waals surface area contributed by atoms with E-state index in [1.165, 1.54) is 0 Å². The molecule has 0 unspecified atom stereocenters. The molecule has 0 aromatic heterocycles. The molecule has 0 bridgehead atoms. The van der Waals surface area contributed by atoms with Crippen molar-refractivity contribution in [3.8, 4) is 0 Å². The van der Waals surface area contributed by atoms with Crippen molar-refractivity contribution < 1.29 is 0 Å². The molecule has 2 rings (SSSR count). The fourth-order valence-corrected chi connectivity index (χ4v) is 0.919. The van der Waals surface area contributed by atoms with Crippen LogP contribution in [0.3, 0.4) is 0 Å². The van der Waals surface area contributed by atoms with Crippen LogP contribution >= 0.6 is 0 Å². The maximum atomic E-state index is 4.13. The average molecular weight is 142 g/mol. The number of rotatable bonds is 0. The van der Waals surface area contributed by atoms with Crippen LogP contribution < -0.4 is 10.7 Å². The Morgan fingerprint density at radius 3 is 2.00 bits per heavy atom. The first-order valence-electron chi connectivity index (χ1n) is 2.91. The summed E-state index contributed by atoms with van der Waals surface area (Å²) in [6.45, 7) is 0.610. The summed E-state index contributed by atoms with van der Waals surface area (Å²) in [5.74, 6) is 0. The third-order valence-electron chi connectivity index (χ3n) is 1.36. The third kappa shape index (κ3) is 1.29. The molecule has 0 saturated carbocycles. The fraction of sp³-hybridized carbons (Fsp3) is 0.143. The van der Waals surface area contributed by atoms with Gasteiger partial charge in [0.05, 0.1) is 10.7 Å². The Hall–Kier alpha value is -0.180. The summed E-state index contributed by atoms with van der Waals surface area (Å²) in [6.07, 6.45) is 0. The summed E-state index contributed by atoms with van der Waals surface area (Å²) in [7, 11) is 0. The van der Waals surface area contributed by atoms with Crippen molar-refractivity contribution in [1.29, 1.82) is 0 Å². The summed E-state index contributed by atoms with van der Waals surface area (Å²) in [6, 6.07) is 7.91. The van der Waals surface area contributed by atoms with Gasteiger partial charge < -0.3 is 0 Å². The number of hydrogen-bond acceptors (Lipinski definition) is 2. The van der Waals surface area contributed by atoms with Gasteiger partial charge in [0.1, 0.15) is 6.67 Å². The molecule has 0 aliphatic carbocycles. The molecule has 1 aliphatic heterocycles. The monoisotopic (exact) mass is 142 g/mol. The maximum Gasteiger partial charge on any atom is 0.130 e. The third-order valence-corrected chi connectivity index (χ3v) is 1.36. The minimum absolute atomic E-state index is 0. The second kappa shape index (κ2) is 3.28. The average Bonchev–Trinajstić information content (AvgIpc) is 2.33. The van der Waals surface area contributed by atoms with Crippen LogP contribution in [0, 0.1) is 0 Å². The van der Waals surface area contributed by atoms with Crippen LogP contribution in [0.15, 0.2) is 34.3 Å². The van der Waals surface area contributed by atoms with Crippen LogP contribution in [0.25, 0.3) is 0 Å². The van der Waals surface area contributed by atoms with E-state index in [2.05, 4.69) is 9.98 Å². The van der Waals surface area contributed by atoms with Gasteiger partial charge in [0.2, 0.25) is 0 Å². The predicted octanol–water partition coefficient (Wildman–Crippen LogP) is -0.752. The molecule has 3 heteroatoms. The molecule has 0 saturated heterocycles. The Balaban J connectivity index is 0.000000500. The molecule has 2 nitrogen and oxygen atoms in total. The van der Waals surface area contributed by atoms with Crippen LogP contribution in [0.5, 0.6) is 0 Å². The quantitative estimate of drug-likeness (QED) is 0.426. The van der Waals surface area contributed by atoms with Gasteiger partial charge in [-0.2, -0.15) is 0 Å². The largest absolute Gasteiger partial charge is 0.260 e. The zero-order chi connectivity index (χ0) is 6.10. The van der Waals surface area contributed by atoms with Crippen LogP contribution in [0.1, 0.15) is 0 Å². The number of fused-ring (bicyclic) bond motifs is 1. The van der Waals surface area contributed by atoms with Gasteiger partial charge in [-0.25, -0.2) is 0 Å². The minimum Gasteiger partial charge on any atom is -0.260 e.